The average Bonchev–Trinajstić information content (AvgIpc) is 2.50. The maximum atomic E-state index is 12.1. The number of phenolic OH excluding ortho intramolecular Hbond substituents is 1. The summed E-state index contributed by atoms with van der Waals surface area (Å²) in [7, 11) is 0. The number of carbonyl (C=O) groups is 2. The van der Waals surface area contributed by atoms with Crippen LogP contribution in [0, 0.1) is 0 Å². The van der Waals surface area contributed by atoms with Crippen molar-refractivity contribution in [3.8, 4) is 5.75 Å². The molecule has 0 radical (unpaired) electrons. The fourth-order valence-corrected chi connectivity index (χ4v) is 3.12. The first kappa shape index (κ1) is 16.3. The molecule has 0 unspecified atom stereocenters. The van der Waals surface area contributed by atoms with Crippen molar-refractivity contribution in [2.75, 3.05) is 0 Å². The van der Waals surface area contributed by atoms with Gasteiger partial charge in [-0.25, -0.2) is 5.84 Å². The van der Waals surface area contributed by atoms with Crippen molar-refractivity contribution in [1.82, 2.24) is 10.7 Å². The van der Waals surface area contributed by atoms with Crippen LogP contribution in [0.1, 0.15) is 44.1 Å². The number of hydrogen-bond acceptors (Lipinski definition) is 4. The fourth-order valence-electron chi connectivity index (χ4n) is 3.12. The van der Waals surface area contributed by atoms with E-state index in [0.29, 0.717) is 6.42 Å². The summed E-state index contributed by atoms with van der Waals surface area (Å²) >= 11 is 0. The van der Waals surface area contributed by atoms with Gasteiger partial charge in [0, 0.05) is 5.54 Å². The number of aromatic hydroxyl groups is 1. The largest absolute Gasteiger partial charge is 0.508 e. The monoisotopic (exact) mass is 305 g/mol. The van der Waals surface area contributed by atoms with Gasteiger partial charge in [0.25, 0.3) is 0 Å². The van der Waals surface area contributed by atoms with Crippen molar-refractivity contribution in [3.05, 3.63) is 29.8 Å². The lowest BCUT2D eigenvalue weighted by molar-refractivity contribution is -0.130. The van der Waals surface area contributed by atoms with E-state index in [1.165, 1.54) is 0 Å². The minimum Gasteiger partial charge on any atom is -0.508 e. The number of hydrogen-bond donors (Lipinski definition) is 4. The van der Waals surface area contributed by atoms with Gasteiger partial charge in [0.05, 0.1) is 0 Å². The van der Waals surface area contributed by atoms with E-state index in [4.69, 9.17) is 5.84 Å². The van der Waals surface area contributed by atoms with Gasteiger partial charge in [0.2, 0.25) is 11.8 Å². The SMILES string of the molecule is NNC(=O)CC(=O)NC1(Cc2ccc(O)cc2)CCCCC1. The standard InChI is InChI=1S/C16H23N3O3/c17-19-15(22)10-14(21)18-16(8-2-1-3-9-16)11-12-4-6-13(20)7-5-12/h4-7,20H,1-3,8-11,17H2,(H,18,21)(H,19,22). The number of rotatable bonds is 5. The molecule has 1 fully saturated rings. The van der Waals surface area contributed by atoms with Crippen molar-refractivity contribution in [3.63, 3.8) is 0 Å². The van der Waals surface area contributed by atoms with Gasteiger partial charge < -0.3 is 10.4 Å². The van der Waals surface area contributed by atoms with Crippen LogP contribution in [0.15, 0.2) is 24.3 Å². The Balaban J connectivity index is 2.08. The second-order valence-corrected chi connectivity index (χ2v) is 5.98. The van der Waals surface area contributed by atoms with Gasteiger partial charge in [-0.2, -0.15) is 0 Å². The average molecular weight is 305 g/mol. The lowest BCUT2D eigenvalue weighted by Gasteiger charge is -2.38. The van der Waals surface area contributed by atoms with Crippen LogP contribution in [0.25, 0.3) is 0 Å². The second-order valence-electron chi connectivity index (χ2n) is 5.98. The van der Waals surface area contributed by atoms with Crippen molar-refractivity contribution in [1.29, 1.82) is 0 Å². The topological polar surface area (TPSA) is 104 Å². The van der Waals surface area contributed by atoms with E-state index >= 15 is 0 Å². The summed E-state index contributed by atoms with van der Waals surface area (Å²) in [6.45, 7) is 0. The normalized spacial score (nSPS) is 16.8. The minimum absolute atomic E-state index is 0.227. The highest BCUT2D eigenvalue weighted by Crippen LogP contribution is 2.32. The molecule has 0 saturated heterocycles. The van der Waals surface area contributed by atoms with Crippen LogP contribution in [0.2, 0.25) is 0 Å². The van der Waals surface area contributed by atoms with Gasteiger partial charge in [-0.1, -0.05) is 31.4 Å². The van der Waals surface area contributed by atoms with Crippen molar-refractivity contribution < 1.29 is 14.7 Å². The summed E-state index contributed by atoms with van der Waals surface area (Å²) in [5.74, 6) is 4.45. The van der Waals surface area contributed by atoms with Crippen LogP contribution in [0.5, 0.6) is 5.75 Å². The smallest absolute Gasteiger partial charge is 0.243 e. The third-order valence-corrected chi connectivity index (χ3v) is 4.18. The summed E-state index contributed by atoms with van der Waals surface area (Å²) in [5, 5.41) is 12.4. The van der Waals surface area contributed by atoms with Crippen LogP contribution >= 0.6 is 0 Å². The van der Waals surface area contributed by atoms with E-state index in [1.54, 1.807) is 12.1 Å². The molecule has 22 heavy (non-hydrogen) atoms. The molecular formula is C16H23N3O3. The molecule has 2 amide bonds. The van der Waals surface area contributed by atoms with Gasteiger partial charge >= 0.3 is 0 Å². The van der Waals surface area contributed by atoms with Crippen molar-refractivity contribution in [2.24, 2.45) is 5.84 Å². The predicted octanol–water partition coefficient (Wildman–Crippen LogP) is 1.13. The number of benzene rings is 1. The minimum atomic E-state index is -0.493. The molecule has 1 aromatic rings. The second kappa shape index (κ2) is 7.26. The van der Waals surface area contributed by atoms with E-state index in [1.807, 2.05) is 17.6 Å². The Bertz CT molecular complexity index is 522. The molecule has 1 aromatic carbocycles. The highest BCUT2D eigenvalue weighted by molar-refractivity contribution is 5.96. The summed E-state index contributed by atoms with van der Waals surface area (Å²) < 4.78 is 0. The lowest BCUT2D eigenvalue weighted by atomic mass is 9.77. The zero-order chi connectivity index (χ0) is 16.0. The summed E-state index contributed by atoms with van der Waals surface area (Å²) in [4.78, 5) is 23.3. The Morgan fingerprint density at radius 2 is 1.73 bits per heavy atom. The van der Waals surface area contributed by atoms with Gasteiger partial charge in [-0.15, -0.1) is 0 Å². The molecule has 120 valence electrons. The van der Waals surface area contributed by atoms with E-state index in [2.05, 4.69) is 5.32 Å². The number of amides is 2. The van der Waals surface area contributed by atoms with Crippen LogP contribution in [0.3, 0.4) is 0 Å². The Morgan fingerprint density at radius 1 is 1.09 bits per heavy atom. The third kappa shape index (κ3) is 4.46. The molecule has 1 saturated carbocycles. The Morgan fingerprint density at radius 3 is 2.32 bits per heavy atom. The zero-order valence-electron chi connectivity index (χ0n) is 12.6. The first-order chi connectivity index (χ1) is 10.5. The summed E-state index contributed by atoms with van der Waals surface area (Å²) in [6, 6.07) is 7.03. The van der Waals surface area contributed by atoms with Gasteiger partial charge in [0.15, 0.2) is 0 Å². The van der Waals surface area contributed by atoms with Crippen LogP contribution in [-0.2, 0) is 16.0 Å². The predicted molar refractivity (Wildman–Crippen MR) is 82.7 cm³/mol. The zero-order valence-corrected chi connectivity index (χ0v) is 12.6. The highest BCUT2D eigenvalue weighted by Gasteiger charge is 2.34. The molecular weight excluding hydrogens is 282 g/mol. The number of nitrogens with one attached hydrogen (secondary N) is 2. The van der Waals surface area contributed by atoms with E-state index in [0.717, 1.165) is 37.7 Å². The molecule has 0 atom stereocenters. The first-order valence-corrected chi connectivity index (χ1v) is 7.61. The lowest BCUT2D eigenvalue weighted by Crippen LogP contribution is -2.52. The number of phenols is 1. The van der Waals surface area contributed by atoms with E-state index in [-0.39, 0.29) is 23.6 Å². The maximum absolute atomic E-state index is 12.1. The molecule has 6 nitrogen and oxygen atoms in total. The molecule has 1 aliphatic rings. The number of hydrazine groups is 1. The van der Waals surface area contributed by atoms with Crippen LogP contribution < -0.4 is 16.6 Å². The Labute approximate surface area is 130 Å². The quantitative estimate of drug-likeness (QED) is 0.283. The summed E-state index contributed by atoms with van der Waals surface area (Å²) in [5.41, 5.74) is 2.71. The van der Waals surface area contributed by atoms with Crippen molar-refractivity contribution >= 4 is 11.8 Å². The first-order valence-electron chi connectivity index (χ1n) is 7.61. The summed E-state index contributed by atoms with van der Waals surface area (Å²) in [6.07, 6.45) is 5.50. The molecule has 2 rings (SSSR count). The third-order valence-electron chi connectivity index (χ3n) is 4.18. The van der Waals surface area contributed by atoms with Gasteiger partial charge in [-0.05, 0) is 37.0 Å². The van der Waals surface area contributed by atoms with Crippen molar-refractivity contribution in [2.45, 2.75) is 50.5 Å². The molecule has 0 heterocycles. The molecule has 6 heteroatoms. The van der Waals surface area contributed by atoms with E-state index < -0.39 is 5.91 Å². The molecule has 0 spiro atoms. The molecule has 0 aromatic heterocycles. The fraction of sp³-hybridized carbons (Fsp3) is 0.500. The van der Waals surface area contributed by atoms with Gasteiger partial charge in [0.1, 0.15) is 12.2 Å². The number of nitrogens with two attached hydrogens (primary N) is 1. The molecule has 5 N–H and O–H groups in total. The molecule has 0 aliphatic heterocycles. The maximum Gasteiger partial charge on any atom is 0.243 e. The van der Waals surface area contributed by atoms with Crippen LogP contribution in [0.4, 0.5) is 0 Å². The number of carbonyl (C=O) groups excluding carboxylic acids is 2. The Hall–Kier alpha value is -2.08. The van der Waals surface area contributed by atoms with Gasteiger partial charge in [-0.3, -0.25) is 15.0 Å². The van der Waals surface area contributed by atoms with E-state index in [9.17, 15) is 14.7 Å². The Kier molecular flexibility index (Phi) is 5.38. The highest BCUT2D eigenvalue weighted by atomic mass is 16.3. The van der Waals surface area contributed by atoms with Crippen LogP contribution in [-0.4, -0.2) is 22.5 Å². The molecule has 0 bridgehead atoms. The molecule has 1 aliphatic carbocycles.